The summed E-state index contributed by atoms with van der Waals surface area (Å²) in [6, 6.07) is 10.6. The average Bonchev–Trinajstić information content (AvgIpc) is 2.86. The Morgan fingerprint density at radius 1 is 1.12 bits per heavy atom. The Balaban J connectivity index is 1.60. The number of fused-ring (bicyclic) bond motifs is 2. The van der Waals surface area contributed by atoms with Gasteiger partial charge in [-0.25, -0.2) is 0 Å². The summed E-state index contributed by atoms with van der Waals surface area (Å²) < 4.78 is 0. The number of hydrogen-bond donors (Lipinski definition) is 1. The van der Waals surface area contributed by atoms with Crippen LogP contribution in [-0.4, -0.2) is 35.7 Å². The summed E-state index contributed by atoms with van der Waals surface area (Å²) in [5.41, 5.74) is 10.0. The number of aryl methyl sites for hydroxylation is 1. The van der Waals surface area contributed by atoms with Crippen molar-refractivity contribution in [2.45, 2.75) is 19.8 Å². The lowest BCUT2D eigenvalue weighted by molar-refractivity contribution is -0.119. The van der Waals surface area contributed by atoms with Gasteiger partial charge >= 0.3 is 0 Å². The lowest BCUT2D eigenvalue weighted by Crippen LogP contribution is -2.44. The van der Waals surface area contributed by atoms with Crippen LogP contribution >= 0.6 is 0 Å². The quantitative estimate of drug-likeness (QED) is 0.665. The standard InChI is InChI=1S/C20H19N3O3/c1-12-7-8-13-15(10-12)20(26)23(19(13)25)11-18(24)22-9-3-4-14-16(21)5-2-6-17(14)22/h2,5-8,10H,3-4,9,11,21H2,1H3. The molecule has 2 aromatic carbocycles. The van der Waals surface area contributed by atoms with Gasteiger partial charge in [0.2, 0.25) is 5.91 Å². The first kappa shape index (κ1) is 16.3. The highest BCUT2D eigenvalue weighted by molar-refractivity contribution is 6.22. The third-order valence-electron chi connectivity index (χ3n) is 5.01. The van der Waals surface area contributed by atoms with Gasteiger partial charge in [-0.1, -0.05) is 17.7 Å². The Morgan fingerprint density at radius 2 is 1.88 bits per heavy atom. The predicted molar refractivity (Wildman–Crippen MR) is 98.1 cm³/mol. The van der Waals surface area contributed by atoms with Gasteiger partial charge in [0, 0.05) is 17.9 Å². The third-order valence-corrected chi connectivity index (χ3v) is 5.01. The first-order valence-corrected chi connectivity index (χ1v) is 8.62. The smallest absolute Gasteiger partial charge is 0.262 e. The molecule has 2 N–H and O–H groups in total. The summed E-state index contributed by atoms with van der Waals surface area (Å²) >= 11 is 0. The molecule has 0 fully saturated rings. The molecular formula is C20H19N3O3. The normalized spacial score (nSPS) is 15.9. The molecule has 2 aliphatic rings. The summed E-state index contributed by atoms with van der Waals surface area (Å²) in [7, 11) is 0. The fraction of sp³-hybridized carbons (Fsp3) is 0.250. The van der Waals surface area contributed by atoms with Gasteiger partial charge in [-0.3, -0.25) is 19.3 Å². The van der Waals surface area contributed by atoms with E-state index in [-0.39, 0.29) is 12.5 Å². The zero-order valence-electron chi connectivity index (χ0n) is 14.5. The highest BCUT2D eigenvalue weighted by atomic mass is 16.2. The van der Waals surface area contributed by atoms with E-state index in [1.165, 1.54) is 0 Å². The van der Waals surface area contributed by atoms with Gasteiger partial charge in [0.25, 0.3) is 11.8 Å². The molecule has 132 valence electrons. The monoisotopic (exact) mass is 349 g/mol. The van der Waals surface area contributed by atoms with Crippen molar-refractivity contribution in [2.24, 2.45) is 0 Å². The van der Waals surface area contributed by atoms with Gasteiger partial charge in [0.1, 0.15) is 6.54 Å². The van der Waals surface area contributed by atoms with E-state index >= 15 is 0 Å². The van der Waals surface area contributed by atoms with Gasteiger partial charge in [0.15, 0.2) is 0 Å². The minimum Gasteiger partial charge on any atom is -0.398 e. The molecule has 0 saturated heterocycles. The van der Waals surface area contributed by atoms with Crippen molar-refractivity contribution in [3.8, 4) is 0 Å². The second-order valence-electron chi connectivity index (χ2n) is 6.74. The lowest BCUT2D eigenvalue weighted by Gasteiger charge is -2.31. The Bertz CT molecular complexity index is 951. The van der Waals surface area contributed by atoms with Crippen LogP contribution in [0.4, 0.5) is 11.4 Å². The minimum absolute atomic E-state index is 0.264. The number of nitrogens with two attached hydrogens (primary N) is 1. The number of imide groups is 1. The van der Waals surface area contributed by atoms with Gasteiger partial charge in [-0.05, 0) is 49.6 Å². The van der Waals surface area contributed by atoms with Crippen LogP contribution in [0.3, 0.4) is 0 Å². The van der Waals surface area contributed by atoms with Crippen molar-refractivity contribution in [1.82, 2.24) is 4.90 Å². The molecule has 0 aromatic heterocycles. The largest absolute Gasteiger partial charge is 0.398 e. The van der Waals surface area contributed by atoms with E-state index in [1.54, 1.807) is 23.1 Å². The Kier molecular flexibility index (Phi) is 3.76. The first-order chi connectivity index (χ1) is 12.5. The molecular weight excluding hydrogens is 330 g/mol. The van der Waals surface area contributed by atoms with Crippen LogP contribution < -0.4 is 10.6 Å². The fourth-order valence-electron chi connectivity index (χ4n) is 3.68. The van der Waals surface area contributed by atoms with Crippen molar-refractivity contribution in [1.29, 1.82) is 0 Å². The number of nitrogen functional groups attached to an aromatic ring is 1. The molecule has 0 radical (unpaired) electrons. The minimum atomic E-state index is -0.414. The van der Waals surface area contributed by atoms with Crippen LogP contribution in [0.15, 0.2) is 36.4 Å². The molecule has 2 aliphatic heterocycles. The van der Waals surface area contributed by atoms with Gasteiger partial charge in [0.05, 0.1) is 11.1 Å². The molecule has 0 bridgehead atoms. The van der Waals surface area contributed by atoms with E-state index in [0.717, 1.165) is 34.6 Å². The maximum absolute atomic E-state index is 12.9. The number of benzene rings is 2. The molecule has 0 aliphatic carbocycles. The molecule has 0 spiro atoms. The van der Waals surface area contributed by atoms with E-state index < -0.39 is 11.8 Å². The highest BCUT2D eigenvalue weighted by Gasteiger charge is 2.38. The van der Waals surface area contributed by atoms with E-state index in [1.807, 2.05) is 25.1 Å². The summed E-state index contributed by atoms with van der Waals surface area (Å²) in [5.74, 6) is -1.10. The Morgan fingerprint density at radius 3 is 2.69 bits per heavy atom. The number of nitrogens with zero attached hydrogens (tertiary/aromatic N) is 2. The van der Waals surface area contributed by atoms with E-state index in [4.69, 9.17) is 5.73 Å². The van der Waals surface area contributed by atoms with Crippen molar-refractivity contribution >= 4 is 29.1 Å². The number of amides is 3. The summed E-state index contributed by atoms with van der Waals surface area (Å²) in [6.45, 7) is 2.15. The molecule has 3 amide bonds. The maximum Gasteiger partial charge on any atom is 0.262 e. The van der Waals surface area contributed by atoms with Crippen LogP contribution in [-0.2, 0) is 11.2 Å². The molecule has 4 rings (SSSR count). The highest BCUT2D eigenvalue weighted by Crippen LogP contribution is 2.32. The summed E-state index contributed by atoms with van der Waals surface area (Å²) in [4.78, 5) is 40.7. The molecule has 2 heterocycles. The van der Waals surface area contributed by atoms with Crippen molar-refractivity contribution in [3.63, 3.8) is 0 Å². The number of rotatable bonds is 2. The molecule has 0 atom stereocenters. The van der Waals surface area contributed by atoms with Crippen LogP contribution in [0.2, 0.25) is 0 Å². The number of hydrogen-bond acceptors (Lipinski definition) is 4. The van der Waals surface area contributed by atoms with E-state index in [0.29, 0.717) is 23.4 Å². The van der Waals surface area contributed by atoms with E-state index in [9.17, 15) is 14.4 Å². The van der Waals surface area contributed by atoms with Crippen LogP contribution in [0.25, 0.3) is 0 Å². The molecule has 6 nitrogen and oxygen atoms in total. The Hall–Kier alpha value is -3.15. The van der Waals surface area contributed by atoms with Crippen LogP contribution in [0.5, 0.6) is 0 Å². The SMILES string of the molecule is Cc1ccc2c(c1)C(=O)N(CC(=O)N1CCCc3c(N)cccc31)C2=O. The zero-order chi connectivity index (χ0) is 18.4. The molecule has 6 heteroatoms. The summed E-state index contributed by atoms with van der Waals surface area (Å²) in [6.07, 6.45) is 1.62. The molecule has 0 saturated carbocycles. The second kappa shape index (κ2) is 5.98. The van der Waals surface area contributed by atoms with Crippen molar-refractivity contribution in [2.75, 3.05) is 23.7 Å². The van der Waals surface area contributed by atoms with Gasteiger partial charge in [-0.15, -0.1) is 0 Å². The predicted octanol–water partition coefficient (Wildman–Crippen LogP) is 2.15. The lowest BCUT2D eigenvalue weighted by atomic mass is 10.00. The summed E-state index contributed by atoms with van der Waals surface area (Å²) in [5, 5.41) is 0. The fourth-order valence-corrected chi connectivity index (χ4v) is 3.68. The van der Waals surface area contributed by atoms with Crippen molar-refractivity contribution in [3.05, 3.63) is 58.7 Å². The topological polar surface area (TPSA) is 83.7 Å². The van der Waals surface area contributed by atoms with E-state index in [2.05, 4.69) is 0 Å². The van der Waals surface area contributed by atoms with Gasteiger partial charge < -0.3 is 10.6 Å². The third kappa shape index (κ3) is 2.45. The number of anilines is 2. The second-order valence-corrected chi connectivity index (χ2v) is 6.74. The van der Waals surface area contributed by atoms with Crippen LogP contribution in [0.1, 0.15) is 38.3 Å². The van der Waals surface area contributed by atoms with Crippen LogP contribution in [0, 0.1) is 6.92 Å². The Labute approximate surface area is 151 Å². The zero-order valence-corrected chi connectivity index (χ0v) is 14.5. The first-order valence-electron chi connectivity index (χ1n) is 8.62. The van der Waals surface area contributed by atoms with Gasteiger partial charge in [-0.2, -0.15) is 0 Å². The number of carbonyl (C=O) groups is 3. The number of carbonyl (C=O) groups excluding carboxylic acids is 3. The molecule has 0 unspecified atom stereocenters. The molecule has 2 aromatic rings. The van der Waals surface area contributed by atoms with Crippen molar-refractivity contribution < 1.29 is 14.4 Å². The maximum atomic E-state index is 12.9. The average molecular weight is 349 g/mol. The molecule has 26 heavy (non-hydrogen) atoms.